The van der Waals surface area contributed by atoms with Gasteiger partial charge in [-0.25, -0.2) is 0 Å². The number of amides is 1. The van der Waals surface area contributed by atoms with Crippen molar-refractivity contribution in [1.29, 1.82) is 0 Å². The summed E-state index contributed by atoms with van der Waals surface area (Å²) >= 11 is 0. The predicted molar refractivity (Wildman–Crippen MR) is 85.9 cm³/mol. The zero-order valence-corrected chi connectivity index (χ0v) is 13.4. The molecule has 0 saturated carbocycles. The zero-order valence-electron chi connectivity index (χ0n) is 13.4. The van der Waals surface area contributed by atoms with E-state index in [-0.39, 0.29) is 17.6 Å². The first-order valence-electron chi connectivity index (χ1n) is 7.29. The highest BCUT2D eigenvalue weighted by Gasteiger charge is 2.15. The molecule has 0 bridgehead atoms. The monoisotopic (exact) mass is 299 g/mol. The van der Waals surface area contributed by atoms with Crippen LogP contribution in [-0.2, 0) is 11.3 Å². The molecule has 0 unspecified atom stereocenters. The number of anilines is 1. The van der Waals surface area contributed by atoms with Gasteiger partial charge >= 0.3 is 0 Å². The van der Waals surface area contributed by atoms with Crippen LogP contribution in [0.2, 0.25) is 0 Å². The third-order valence-corrected chi connectivity index (χ3v) is 3.53. The molecule has 1 amide bonds. The van der Waals surface area contributed by atoms with E-state index in [1.807, 2.05) is 31.5 Å². The molecule has 116 valence electrons. The van der Waals surface area contributed by atoms with Crippen LogP contribution in [0, 0.1) is 19.8 Å². The number of benzene rings is 1. The second-order valence-corrected chi connectivity index (χ2v) is 5.64. The van der Waals surface area contributed by atoms with Crippen molar-refractivity contribution in [3.05, 3.63) is 47.3 Å². The molecular weight excluding hydrogens is 278 g/mol. The number of nitrogens with zero attached hydrogens (tertiary/aromatic N) is 2. The van der Waals surface area contributed by atoms with Gasteiger partial charge in [0.1, 0.15) is 0 Å². The molecule has 0 aliphatic heterocycles. The lowest BCUT2D eigenvalue weighted by molar-refractivity contribution is -0.119. The maximum atomic E-state index is 12.3. The van der Waals surface area contributed by atoms with E-state index in [9.17, 15) is 9.59 Å². The summed E-state index contributed by atoms with van der Waals surface area (Å²) < 4.78 is 1.84. The van der Waals surface area contributed by atoms with Gasteiger partial charge in [0.25, 0.3) is 0 Å². The molecule has 0 aliphatic carbocycles. The number of nitrogens with one attached hydrogen (secondary N) is 1. The average molecular weight is 299 g/mol. The Kier molecular flexibility index (Phi) is 4.75. The van der Waals surface area contributed by atoms with Gasteiger partial charge in [-0.15, -0.1) is 0 Å². The molecule has 1 aromatic heterocycles. The van der Waals surface area contributed by atoms with E-state index < -0.39 is 0 Å². The van der Waals surface area contributed by atoms with E-state index in [1.165, 1.54) is 6.92 Å². The summed E-state index contributed by atoms with van der Waals surface area (Å²) in [5.74, 6) is -0.334. The third kappa shape index (κ3) is 3.81. The van der Waals surface area contributed by atoms with Crippen LogP contribution in [0.5, 0.6) is 0 Å². The van der Waals surface area contributed by atoms with Crippen LogP contribution in [0.25, 0.3) is 0 Å². The lowest BCUT2D eigenvalue weighted by atomic mass is 10.1. The number of carbonyl (C=O) groups is 2. The van der Waals surface area contributed by atoms with Crippen LogP contribution in [-0.4, -0.2) is 21.5 Å². The normalized spacial score (nSPS) is 12.0. The Morgan fingerprint density at radius 3 is 2.59 bits per heavy atom. The quantitative estimate of drug-likeness (QED) is 0.863. The van der Waals surface area contributed by atoms with E-state index in [0.717, 1.165) is 11.4 Å². The fourth-order valence-corrected chi connectivity index (χ4v) is 2.28. The van der Waals surface area contributed by atoms with Crippen LogP contribution in [0.1, 0.15) is 35.6 Å². The van der Waals surface area contributed by atoms with E-state index in [2.05, 4.69) is 10.4 Å². The molecular formula is C17H21N3O2. The number of Topliss-reactive ketones (excluding diaryl/α,β-unsaturated/α-hetero) is 1. The molecule has 0 radical (unpaired) electrons. The minimum Gasteiger partial charge on any atom is -0.326 e. The standard InChI is InChI=1S/C17H21N3O2/c1-11(10-20-13(3)8-12(2)19-20)17(22)18-16-7-5-6-15(9-16)14(4)21/h5-9,11H,10H2,1-4H3,(H,18,22)/t11-/m0/s1. The van der Waals surface area contributed by atoms with Crippen molar-refractivity contribution in [2.24, 2.45) is 5.92 Å². The van der Waals surface area contributed by atoms with Gasteiger partial charge in [-0.2, -0.15) is 5.10 Å². The summed E-state index contributed by atoms with van der Waals surface area (Å²) in [5, 5.41) is 7.22. The van der Waals surface area contributed by atoms with Gasteiger partial charge in [-0.3, -0.25) is 14.3 Å². The Morgan fingerprint density at radius 2 is 2.00 bits per heavy atom. The Morgan fingerprint density at radius 1 is 1.27 bits per heavy atom. The summed E-state index contributed by atoms with van der Waals surface area (Å²) in [6, 6.07) is 8.95. The van der Waals surface area contributed by atoms with Gasteiger partial charge in [0.2, 0.25) is 5.91 Å². The molecule has 5 heteroatoms. The number of ketones is 1. The fraction of sp³-hybridized carbons (Fsp3) is 0.353. The molecule has 1 aromatic carbocycles. The summed E-state index contributed by atoms with van der Waals surface area (Å²) in [4.78, 5) is 23.7. The van der Waals surface area contributed by atoms with Crippen LogP contribution in [0.15, 0.2) is 30.3 Å². The number of aromatic nitrogens is 2. The second kappa shape index (κ2) is 6.56. The maximum Gasteiger partial charge on any atom is 0.229 e. The van der Waals surface area contributed by atoms with Gasteiger partial charge < -0.3 is 5.32 Å². The van der Waals surface area contributed by atoms with E-state index in [4.69, 9.17) is 0 Å². The van der Waals surface area contributed by atoms with Gasteiger partial charge in [0.05, 0.1) is 18.2 Å². The number of hydrogen-bond acceptors (Lipinski definition) is 3. The van der Waals surface area contributed by atoms with Crippen molar-refractivity contribution < 1.29 is 9.59 Å². The topological polar surface area (TPSA) is 64.0 Å². The fourth-order valence-electron chi connectivity index (χ4n) is 2.28. The molecule has 2 rings (SSSR count). The molecule has 0 aliphatic rings. The first-order chi connectivity index (χ1) is 10.4. The number of carbonyl (C=O) groups excluding carboxylic acids is 2. The predicted octanol–water partition coefficient (Wildman–Crippen LogP) is 2.98. The second-order valence-electron chi connectivity index (χ2n) is 5.64. The first-order valence-corrected chi connectivity index (χ1v) is 7.29. The average Bonchev–Trinajstić information content (AvgIpc) is 2.77. The van der Waals surface area contributed by atoms with Crippen LogP contribution in [0.4, 0.5) is 5.69 Å². The summed E-state index contributed by atoms with van der Waals surface area (Å²) in [7, 11) is 0. The van der Waals surface area contributed by atoms with Crippen molar-refractivity contribution in [2.45, 2.75) is 34.2 Å². The van der Waals surface area contributed by atoms with E-state index in [0.29, 0.717) is 17.8 Å². The highest BCUT2D eigenvalue weighted by Crippen LogP contribution is 2.14. The zero-order chi connectivity index (χ0) is 16.3. The minimum absolute atomic E-state index is 0.0215. The molecule has 22 heavy (non-hydrogen) atoms. The largest absolute Gasteiger partial charge is 0.326 e. The molecule has 5 nitrogen and oxygen atoms in total. The van der Waals surface area contributed by atoms with Crippen molar-refractivity contribution in [3.8, 4) is 0 Å². The van der Waals surface area contributed by atoms with Crippen LogP contribution in [0.3, 0.4) is 0 Å². The van der Waals surface area contributed by atoms with Gasteiger partial charge in [-0.1, -0.05) is 19.1 Å². The minimum atomic E-state index is -0.223. The third-order valence-electron chi connectivity index (χ3n) is 3.53. The molecule has 2 aromatic rings. The molecule has 1 heterocycles. The Labute approximate surface area is 130 Å². The smallest absolute Gasteiger partial charge is 0.229 e. The van der Waals surface area contributed by atoms with Gasteiger partial charge in [0.15, 0.2) is 5.78 Å². The Balaban J connectivity index is 2.04. The van der Waals surface area contributed by atoms with E-state index in [1.54, 1.807) is 24.3 Å². The van der Waals surface area contributed by atoms with Crippen LogP contribution < -0.4 is 5.32 Å². The molecule has 0 saturated heterocycles. The molecule has 1 N–H and O–H groups in total. The molecule has 1 atom stereocenters. The van der Waals surface area contributed by atoms with Crippen LogP contribution >= 0.6 is 0 Å². The number of aryl methyl sites for hydroxylation is 2. The summed E-state index contributed by atoms with van der Waals surface area (Å²) in [6.07, 6.45) is 0. The SMILES string of the molecule is CC(=O)c1cccc(NC(=O)[C@@H](C)Cn2nc(C)cc2C)c1. The lowest BCUT2D eigenvalue weighted by Gasteiger charge is -2.14. The van der Waals surface area contributed by atoms with Crippen molar-refractivity contribution >= 4 is 17.4 Å². The van der Waals surface area contributed by atoms with Gasteiger partial charge in [0, 0.05) is 16.9 Å². The number of hydrogen-bond donors (Lipinski definition) is 1. The summed E-state index contributed by atoms with van der Waals surface area (Å²) in [5.41, 5.74) is 3.21. The number of rotatable bonds is 5. The highest BCUT2D eigenvalue weighted by molar-refractivity contribution is 5.97. The maximum absolute atomic E-state index is 12.3. The molecule has 0 fully saturated rings. The van der Waals surface area contributed by atoms with E-state index >= 15 is 0 Å². The van der Waals surface area contributed by atoms with Gasteiger partial charge in [-0.05, 0) is 39.0 Å². The first kappa shape index (κ1) is 15.9. The summed E-state index contributed by atoms with van der Waals surface area (Å²) in [6.45, 7) is 7.80. The van der Waals surface area contributed by atoms with Crippen molar-refractivity contribution in [1.82, 2.24) is 9.78 Å². The Bertz CT molecular complexity index is 704. The molecule has 0 spiro atoms. The highest BCUT2D eigenvalue weighted by atomic mass is 16.2. The van der Waals surface area contributed by atoms with Crippen molar-refractivity contribution in [2.75, 3.05) is 5.32 Å². The Hall–Kier alpha value is -2.43. The van der Waals surface area contributed by atoms with Crippen molar-refractivity contribution in [3.63, 3.8) is 0 Å². The lowest BCUT2D eigenvalue weighted by Crippen LogP contribution is -2.25.